The number of halogens is 1. The Morgan fingerprint density at radius 3 is 2.69 bits per heavy atom. The minimum Gasteiger partial charge on any atom is -0.304 e. The van der Waals surface area contributed by atoms with Crippen molar-refractivity contribution in [1.29, 1.82) is 0 Å². The summed E-state index contributed by atoms with van der Waals surface area (Å²) in [5, 5.41) is 0. The summed E-state index contributed by atoms with van der Waals surface area (Å²) in [5.41, 5.74) is 0.332. The Kier molecular flexibility index (Phi) is 4.55. The number of pyridine rings is 1. The quantitative estimate of drug-likeness (QED) is 0.718. The van der Waals surface area contributed by atoms with Gasteiger partial charge in [-0.05, 0) is 33.0 Å². The summed E-state index contributed by atoms with van der Waals surface area (Å²) in [5.74, 6) is -0.469. The molecule has 0 aliphatic heterocycles. The zero-order valence-corrected chi connectivity index (χ0v) is 9.90. The number of Topliss-reactive ketones (excluding diaryl/α,β-unsaturated/α-hetero) is 1. The summed E-state index contributed by atoms with van der Waals surface area (Å²) < 4.78 is 12.6. The first-order chi connectivity index (χ1) is 7.50. The molecule has 0 aliphatic carbocycles. The Hall–Kier alpha value is -1.29. The summed E-state index contributed by atoms with van der Waals surface area (Å²) in [6.07, 6.45) is 1.48. The summed E-state index contributed by atoms with van der Waals surface area (Å²) in [7, 11) is 1.97. The second-order valence-corrected chi connectivity index (χ2v) is 4.11. The molecule has 88 valence electrons. The van der Waals surface area contributed by atoms with E-state index in [4.69, 9.17) is 0 Å². The normalized spacial score (nSPS) is 11.1. The van der Waals surface area contributed by atoms with Gasteiger partial charge in [0.1, 0.15) is 11.5 Å². The van der Waals surface area contributed by atoms with Gasteiger partial charge in [0, 0.05) is 19.0 Å². The van der Waals surface area contributed by atoms with Gasteiger partial charge < -0.3 is 4.90 Å². The van der Waals surface area contributed by atoms with Crippen molar-refractivity contribution in [2.75, 3.05) is 13.6 Å². The highest BCUT2D eigenvalue weighted by Gasteiger charge is 2.10. The van der Waals surface area contributed by atoms with Crippen LogP contribution in [0.1, 0.15) is 30.8 Å². The van der Waals surface area contributed by atoms with Gasteiger partial charge in [-0.1, -0.05) is 0 Å². The number of aromatic nitrogens is 1. The molecule has 0 amide bonds. The van der Waals surface area contributed by atoms with E-state index in [2.05, 4.69) is 23.7 Å². The topological polar surface area (TPSA) is 33.2 Å². The van der Waals surface area contributed by atoms with Gasteiger partial charge in [0.2, 0.25) is 0 Å². The third-order valence-corrected chi connectivity index (χ3v) is 2.59. The van der Waals surface area contributed by atoms with Crippen LogP contribution < -0.4 is 0 Å². The lowest BCUT2D eigenvalue weighted by atomic mass is 10.2. The van der Waals surface area contributed by atoms with Gasteiger partial charge in [-0.25, -0.2) is 4.39 Å². The third kappa shape index (κ3) is 3.70. The highest BCUT2D eigenvalue weighted by atomic mass is 19.1. The second kappa shape index (κ2) is 5.70. The van der Waals surface area contributed by atoms with E-state index in [0.29, 0.717) is 24.7 Å². The van der Waals surface area contributed by atoms with Crippen molar-refractivity contribution in [3.05, 3.63) is 29.8 Å². The summed E-state index contributed by atoms with van der Waals surface area (Å²) in [6.45, 7) is 4.83. The molecule has 0 bridgehead atoms. The molecule has 0 atom stereocenters. The summed E-state index contributed by atoms with van der Waals surface area (Å²) >= 11 is 0. The number of hydrogen-bond donors (Lipinski definition) is 0. The van der Waals surface area contributed by atoms with Gasteiger partial charge in [-0.2, -0.15) is 0 Å². The van der Waals surface area contributed by atoms with E-state index >= 15 is 0 Å². The predicted molar refractivity (Wildman–Crippen MR) is 60.9 cm³/mol. The molecule has 16 heavy (non-hydrogen) atoms. The fourth-order valence-corrected chi connectivity index (χ4v) is 1.20. The molecule has 0 saturated heterocycles. The number of ketones is 1. The first-order valence-electron chi connectivity index (χ1n) is 5.35. The molecule has 0 aliphatic rings. The van der Waals surface area contributed by atoms with Crippen LogP contribution in [0.2, 0.25) is 0 Å². The lowest BCUT2D eigenvalue weighted by Crippen LogP contribution is -2.28. The molecule has 1 aromatic heterocycles. The van der Waals surface area contributed by atoms with Crippen LogP contribution in [0.25, 0.3) is 0 Å². The highest BCUT2D eigenvalue weighted by Crippen LogP contribution is 2.03. The first kappa shape index (κ1) is 12.8. The second-order valence-electron chi connectivity index (χ2n) is 4.11. The molecule has 0 aromatic carbocycles. The van der Waals surface area contributed by atoms with E-state index < -0.39 is 5.82 Å². The number of carbonyl (C=O) groups excluding carboxylic acids is 1. The van der Waals surface area contributed by atoms with Crippen molar-refractivity contribution >= 4 is 5.78 Å². The Labute approximate surface area is 95.3 Å². The molecule has 0 N–H and O–H groups in total. The van der Waals surface area contributed by atoms with Gasteiger partial charge in [0.05, 0.1) is 6.20 Å². The van der Waals surface area contributed by atoms with Crippen molar-refractivity contribution in [2.45, 2.75) is 26.3 Å². The fourth-order valence-electron chi connectivity index (χ4n) is 1.20. The van der Waals surface area contributed by atoms with E-state index in [1.54, 1.807) is 0 Å². The molecule has 4 heteroatoms. The van der Waals surface area contributed by atoms with E-state index in [9.17, 15) is 9.18 Å². The van der Waals surface area contributed by atoms with Crippen LogP contribution in [-0.4, -0.2) is 35.3 Å². The average molecular weight is 224 g/mol. The van der Waals surface area contributed by atoms with Crippen LogP contribution in [0.4, 0.5) is 4.39 Å². The lowest BCUT2D eigenvalue weighted by Gasteiger charge is -2.20. The molecule has 1 heterocycles. The number of nitrogens with zero attached hydrogens (tertiary/aromatic N) is 2. The Morgan fingerprint density at radius 1 is 1.50 bits per heavy atom. The van der Waals surface area contributed by atoms with E-state index in [0.717, 1.165) is 6.20 Å². The average Bonchev–Trinajstić information content (AvgIpc) is 2.26. The molecule has 0 radical (unpaired) electrons. The Bertz CT molecular complexity index is 349. The van der Waals surface area contributed by atoms with Crippen LogP contribution >= 0.6 is 0 Å². The first-order valence-corrected chi connectivity index (χ1v) is 5.35. The number of rotatable bonds is 5. The highest BCUT2D eigenvalue weighted by molar-refractivity contribution is 5.94. The maximum atomic E-state index is 12.6. The minimum absolute atomic E-state index is 0.0486. The molecule has 3 nitrogen and oxygen atoms in total. The zero-order chi connectivity index (χ0) is 12.1. The number of hydrogen-bond acceptors (Lipinski definition) is 3. The molecule has 0 unspecified atom stereocenters. The molecule has 0 fully saturated rings. The monoisotopic (exact) mass is 224 g/mol. The van der Waals surface area contributed by atoms with Gasteiger partial charge >= 0.3 is 0 Å². The lowest BCUT2D eigenvalue weighted by molar-refractivity contribution is 0.0959. The fraction of sp³-hybridized carbons (Fsp3) is 0.500. The standard InChI is InChI=1S/C12H17FN2O/c1-9(2)15(3)7-6-12(16)11-5-4-10(13)8-14-11/h4-5,8-9H,6-7H2,1-3H3. The smallest absolute Gasteiger partial charge is 0.182 e. The SMILES string of the molecule is CC(C)N(C)CCC(=O)c1ccc(F)cn1. The van der Waals surface area contributed by atoms with E-state index in [1.165, 1.54) is 12.1 Å². The summed E-state index contributed by atoms with van der Waals surface area (Å²) in [4.78, 5) is 17.5. The van der Waals surface area contributed by atoms with Crippen LogP contribution in [0.15, 0.2) is 18.3 Å². The van der Waals surface area contributed by atoms with Crippen LogP contribution in [0.3, 0.4) is 0 Å². The van der Waals surface area contributed by atoms with Crippen molar-refractivity contribution in [1.82, 2.24) is 9.88 Å². The Morgan fingerprint density at radius 2 is 2.19 bits per heavy atom. The van der Waals surface area contributed by atoms with Crippen LogP contribution in [-0.2, 0) is 0 Å². The maximum Gasteiger partial charge on any atom is 0.182 e. The summed E-state index contributed by atoms with van der Waals surface area (Å²) in [6, 6.07) is 3.09. The largest absolute Gasteiger partial charge is 0.304 e. The minimum atomic E-state index is -0.421. The van der Waals surface area contributed by atoms with Crippen molar-refractivity contribution < 1.29 is 9.18 Å². The van der Waals surface area contributed by atoms with Gasteiger partial charge in [0.25, 0.3) is 0 Å². The molecular weight excluding hydrogens is 207 g/mol. The van der Waals surface area contributed by atoms with Crippen molar-refractivity contribution in [3.63, 3.8) is 0 Å². The van der Waals surface area contributed by atoms with E-state index in [-0.39, 0.29) is 5.78 Å². The van der Waals surface area contributed by atoms with Crippen LogP contribution in [0, 0.1) is 5.82 Å². The van der Waals surface area contributed by atoms with Gasteiger partial charge in [-0.3, -0.25) is 9.78 Å². The molecule has 0 saturated carbocycles. The molecule has 1 aromatic rings. The zero-order valence-electron chi connectivity index (χ0n) is 9.90. The van der Waals surface area contributed by atoms with Gasteiger partial charge in [0.15, 0.2) is 5.78 Å². The van der Waals surface area contributed by atoms with Crippen molar-refractivity contribution in [3.8, 4) is 0 Å². The van der Waals surface area contributed by atoms with Gasteiger partial charge in [-0.15, -0.1) is 0 Å². The third-order valence-electron chi connectivity index (χ3n) is 2.59. The Balaban J connectivity index is 2.50. The van der Waals surface area contributed by atoms with Crippen molar-refractivity contribution in [2.24, 2.45) is 0 Å². The van der Waals surface area contributed by atoms with E-state index in [1.807, 2.05) is 7.05 Å². The molecule has 1 rings (SSSR count). The van der Waals surface area contributed by atoms with Crippen LogP contribution in [0.5, 0.6) is 0 Å². The number of carbonyl (C=O) groups is 1. The predicted octanol–water partition coefficient (Wildman–Crippen LogP) is 2.13. The molecular formula is C12H17FN2O. The maximum absolute atomic E-state index is 12.6. The molecule has 0 spiro atoms.